The lowest BCUT2D eigenvalue weighted by Crippen LogP contribution is -2.10. The van der Waals surface area contributed by atoms with Crippen molar-refractivity contribution >= 4 is 22.9 Å². The molecule has 4 rings (SSSR count). The molecule has 0 spiro atoms. The SMILES string of the molecule is CN(C)c1ccc2c(c1)O/C(=C1/Oc3cc(N(C)C)ccc3C1=O)C2=O. The standard InChI is InChI=1S/C20H18N2O4/c1-21(2)11-5-7-13-15(9-11)25-19(17(13)23)20-18(24)14-8-6-12(22(3)4)10-16(14)26-20/h5-10H,1-4H3/b20-19+. The molecule has 0 fully saturated rings. The third kappa shape index (κ3) is 2.34. The highest BCUT2D eigenvalue weighted by Crippen LogP contribution is 2.40. The first kappa shape index (κ1) is 16.2. The van der Waals surface area contributed by atoms with Crippen LogP contribution < -0.4 is 19.3 Å². The van der Waals surface area contributed by atoms with Gasteiger partial charge in [0.05, 0.1) is 11.1 Å². The molecule has 0 aliphatic carbocycles. The molecule has 0 aromatic heterocycles. The van der Waals surface area contributed by atoms with Gasteiger partial charge in [0, 0.05) is 51.7 Å². The van der Waals surface area contributed by atoms with Gasteiger partial charge in [-0.25, -0.2) is 0 Å². The zero-order valence-electron chi connectivity index (χ0n) is 15.0. The van der Waals surface area contributed by atoms with Gasteiger partial charge in [-0.1, -0.05) is 0 Å². The number of rotatable bonds is 2. The first-order valence-electron chi connectivity index (χ1n) is 8.19. The molecule has 0 saturated carbocycles. The lowest BCUT2D eigenvalue weighted by atomic mass is 10.1. The molecule has 0 atom stereocenters. The lowest BCUT2D eigenvalue weighted by molar-refractivity contribution is 0.0960. The number of Topliss-reactive ketones (excluding diaryl/α,β-unsaturated/α-hetero) is 2. The number of allylic oxidation sites excluding steroid dienone is 2. The molecule has 2 aromatic carbocycles. The second-order valence-electron chi connectivity index (χ2n) is 6.67. The molecule has 0 saturated heterocycles. The van der Waals surface area contributed by atoms with Crippen LogP contribution in [0.15, 0.2) is 47.9 Å². The maximum Gasteiger partial charge on any atom is 0.236 e. The molecule has 2 aliphatic heterocycles. The molecule has 0 unspecified atom stereocenters. The normalized spacial score (nSPS) is 17.5. The second kappa shape index (κ2) is 5.62. The zero-order chi connectivity index (χ0) is 18.6. The van der Waals surface area contributed by atoms with Gasteiger partial charge in [0.1, 0.15) is 11.5 Å². The average molecular weight is 350 g/mol. The number of carbonyl (C=O) groups is 2. The molecule has 0 radical (unpaired) electrons. The lowest BCUT2D eigenvalue weighted by Gasteiger charge is -2.12. The smallest absolute Gasteiger partial charge is 0.236 e. The monoisotopic (exact) mass is 350 g/mol. The van der Waals surface area contributed by atoms with Crippen LogP contribution in [0.25, 0.3) is 0 Å². The Hall–Kier alpha value is -3.28. The van der Waals surface area contributed by atoms with Crippen molar-refractivity contribution in [3.63, 3.8) is 0 Å². The maximum absolute atomic E-state index is 12.7. The first-order valence-corrected chi connectivity index (χ1v) is 8.19. The molecule has 2 heterocycles. The summed E-state index contributed by atoms with van der Waals surface area (Å²) >= 11 is 0. The minimum absolute atomic E-state index is 0.0523. The predicted molar refractivity (Wildman–Crippen MR) is 98.5 cm³/mol. The highest BCUT2D eigenvalue weighted by atomic mass is 16.5. The van der Waals surface area contributed by atoms with Crippen LogP contribution in [0.2, 0.25) is 0 Å². The quantitative estimate of drug-likeness (QED) is 0.776. The molecule has 0 bridgehead atoms. The number of nitrogens with zero attached hydrogens (tertiary/aromatic N) is 2. The van der Waals surface area contributed by atoms with Crippen LogP contribution >= 0.6 is 0 Å². The number of hydrogen-bond donors (Lipinski definition) is 0. The molecule has 6 nitrogen and oxygen atoms in total. The fraction of sp³-hybridized carbons (Fsp3) is 0.200. The van der Waals surface area contributed by atoms with E-state index in [1.807, 2.05) is 50.1 Å². The van der Waals surface area contributed by atoms with Crippen molar-refractivity contribution in [2.45, 2.75) is 0 Å². The van der Waals surface area contributed by atoms with Crippen LogP contribution in [-0.4, -0.2) is 39.8 Å². The van der Waals surface area contributed by atoms with Gasteiger partial charge in [0.15, 0.2) is 0 Å². The van der Waals surface area contributed by atoms with E-state index in [2.05, 4.69) is 0 Å². The largest absolute Gasteiger partial charge is 0.448 e. The number of ether oxygens (including phenoxy) is 2. The first-order chi connectivity index (χ1) is 12.4. The Kier molecular flexibility index (Phi) is 3.50. The van der Waals surface area contributed by atoms with Crippen LogP contribution in [-0.2, 0) is 0 Å². The van der Waals surface area contributed by atoms with E-state index in [4.69, 9.17) is 9.47 Å². The Morgan fingerprint density at radius 2 is 1.04 bits per heavy atom. The summed E-state index contributed by atoms with van der Waals surface area (Å²) in [5, 5.41) is 0. The Bertz CT molecular complexity index is 910. The third-order valence-electron chi connectivity index (χ3n) is 4.50. The summed E-state index contributed by atoms with van der Waals surface area (Å²) in [5.41, 5.74) is 2.67. The number of anilines is 2. The third-order valence-corrected chi connectivity index (χ3v) is 4.50. The topological polar surface area (TPSA) is 59.1 Å². The summed E-state index contributed by atoms with van der Waals surface area (Å²) in [7, 11) is 7.61. The van der Waals surface area contributed by atoms with Crippen molar-refractivity contribution in [3.8, 4) is 11.5 Å². The summed E-state index contributed by atoms with van der Waals surface area (Å²) in [6, 6.07) is 10.6. The molecule has 2 aliphatic rings. The number of fused-ring (bicyclic) bond motifs is 2. The van der Waals surface area contributed by atoms with Gasteiger partial charge in [-0.3, -0.25) is 9.59 Å². The summed E-state index contributed by atoms with van der Waals surface area (Å²) in [6.45, 7) is 0. The molecular weight excluding hydrogens is 332 g/mol. The number of hydrogen-bond acceptors (Lipinski definition) is 6. The molecule has 0 N–H and O–H groups in total. The van der Waals surface area contributed by atoms with E-state index in [1.165, 1.54) is 0 Å². The number of benzene rings is 2. The highest BCUT2D eigenvalue weighted by Gasteiger charge is 2.39. The van der Waals surface area contributed by atoms with E-state index >= 15 is 0 Å². The van der Waals surface area contributed by atoms with Gasteiger partial charge in [-0.05, 0) is 24.3 Å². The van der Waals surface area contributed by atoms with Crippen molar-refractivity contribution in [1.29, 1.82) is 0 Å². The predicted octanol–water partition coefficient (Wildman–Crippen LogP) is 2.88. The van der Waals surface area contributed by atoms with Crippen molar-refractivity contribution in [3.05, 3.63) is 59.0 Å². The molecule has 26 heavy (non-hydrogen) atoms. The van der Waals surface area contributed by atoms with E-state index in [1.54, 1.807) is 24.3 Å². The van der Waals surface area contributed by atoms with Crippen molar-refractivity contribution in [2.24, 2.45) is 0 Å². The summed E-state index contributed by atoms with van der Waals surface area (Å²) in [4.78, 5) is 29.2. The van der Waals surface area contributed by atoms with E-state index in [-0.39, 0.29) is 23.1 Å². The van der Waals surface area contributed by atoms with E-state index < -0.39 is 0 Å². The minimum Gasteiger partial charge on any atom is -0.448 e. The fourth-order valence-corrected chi connectivity index (χ4v) is 2.98. The van der Waals surface area contributed by atoms with Crippen LogP contribution in [0.3, 0.4) is 0 Å². The second-order valence-corrected chi connectivity index (χ2v) is 6.67. The number of carbonyl (C=O) groups excluding carboxylic acids is 2. The Balaban J connectivity index is 1.74. The highest BCUT2D eigenvalue weighted by molar-refractivity contribution is 6.21. The van der Waals surface area contributed by atoms with E-state index in [0.717, 1.165) is 11.4 Å². The van der Waals surface area contributed by atoms with Crippen molar-refractivity contribution < 1.29 is 19.1 Å². The van der Waals surface area contributed by atoms with Crippen molar-refractivity contribution in [1.82, 2.24) is 0 Å². The van der Waals surface area contributed by atoms with Crippen LogP contribution in [0.1, 0.15) is 20.7 Å². The van der Waals surface area contributed by atoms with E-state index in [9.17, 15) is 9.59 Å². The number of ketones is 2. The fourth-order valence-electron chi connectivity index (χ4n) is 2.98. The Labute approximate surface area is 151 Å². The average Bonchev–Trinajstić information content (AvgIpc) is 3.11. The van der Waals surface area contributed by atoms with Gasteiger partial charge in [-0.2, -0.15) is 0 Å². The molecule has 2 aromatic rings. The summed E-state index contributed by atoms with van der Waals surface area (Å²) < 4.78 is 11.4. The van der Waals surface area contributed by atoms with Crippen LogP contribution in [0, 0.1) is 0 Å². The maximum atomic E-state index is 12.7. The summed E-state index contributed by atoms with van der Waals surface area (Å²) in [5.74, 6) is 0.0886. The van der Waals surface area contributed by atoms with Gasteiger partial charge < -0.3 is 19.3 Å². The molecule has 6 heteroatoms. The zero-order valence-corrected chi connectivity index (χ0v) is 15.0. The van der Waals surface area contributed by atoms with E-state index in [0.29, 0.717) is 22.6 Å². The molecule has 132 valence electrons. The van der Waals surface area contributed by atoms with Gasteiger partial charge in [-0.15, -0.1) is 0 Å². The van der Waals surface area contributed by atoms with Gasteiger partial charge in [0.25, 0.3) is 0 Å². The van der Waals surface area contributed by atoms with Crippen LogP contribution in [0.5, 0.6) is 11.5 Å². The summed E-state index contributed by atoms with van der Waals surface area (Å²) in [6.07, 6.45) is 0. The van der Waals surface area contributed by atoms with Crippen LogP contribution in [0.4, 0.5) is 11.4 Å². The Morgan fingerprint density at radius 3 is 1.38 bits per heavy atom. The van der Waals surface area contributed by atoms with Gasteiger partial charge >= 0.3 is 0 Å². The van der Waals surface area contributed by atoms with Gasteiger partial charge in [0.2, 0.25) is 23.1 Å². The minimum atomic E-state index is -0.339. The molecule has 0 amide bonds. The Morgan fingerprint density at radius 1 is 0.654 bits per heavy atom. The van der Waals surface area contributed by atoms with Crippen molar-refractivity contribution in [2.75, 3.05) is 38.0 Å². The molecular formula is C20H18N2O4.